The van der Waals surface area contributed by atoms with Gasteiger partial charge < -0.3 is 10.2 Å². The molecule has 0 aromatic rings. The topological polar surface area (TPSA) is 78.5 Å². The Kier molecular flexibility index (Phi) is 5.87. The summed E-state index contributed by atoms with van der Waals surface area (Å²) in [5.74, 6) is 0. The molecular weight excluding hydrogens is 254 g/mol. The van der Waals surface area contributed by atoms with E-state index in [1.54, 1.807) is 4.90 Å². The van der Waals surface area contributed by atoms with Crippen LogP contribution in [-0.4, -0.2) is 51.3 Å². The summed E-state index contributed by atoms with van der Waals surface area (Å²) in [5, 5.41) is 2.84. The van der Waals surface area contributed by atoms with Crippen LogP contribution in [0.15, 0.2) is 0 Å². The molecule has 1 fully saturated rings. The predicted octanol–water partition coefficient (Wildman–Crippen LogP) is 0.510. The molecule has 1 saturated heterocycles. The summed E-state index contributed by atoms with van der Waals surface area (Å²) < 4.78 is 24.7. The minimum atomic E-state index is -3.20. The third-order valence-electron chi connectivity index (χ3n) is 3.00. The van der Waals surface area contributed by atoms with Crippen molar-refractivity contribution < 1.29 is 13.2 Å². The van der Waals surface area contributed by atoms with Gasteiger partial charge in [0.15, 0.2) is 0 Å². The fraction of sp³-hybridized carbons (Fsp3) is 0.909. The van der Waals surface area contributed by atoms with Crippen molar-refractivity contribution in [1.82, 2.24) is 14.9 Å². The van der Waals surface area contributed by atoms with Gasteiger partial charge in [0.05, 0.1) is 6.26 Å². The van der Waals surface area contributed by atoms with Gasteiger partial charge in [-0.15, -0.1) is 0 Å². The molecule has 0 unspecified atom stereocenters. The molecule has 0 aromatic heterocycles. The predicted molar refractivity (Wildman–Crippen MR) is 70.9 cm³/mol. The maximum Gasteiger partial charge on any atom is 0.317 e. The summed E-state index contributed by atoms with van der Waals surface area (Å²) in [5.41, 5.74) is 0. The van der Waals surface area contributed by atoms with Gasteiger partial charge in [0, 0.05) is 25.7 Å². The van der Waals surface area contributed by atoms with Crippen LogP contribution in [0, 0.1) is 0 Å². The summed E-state index contributed by atoms with van der Waals surface area (Å²) in [4.78, 5) is 13.7. The number of rotatable bonds is 5. The average Bonchev–Trinajstić information content (AvgIpc) is 2.33. The number of piperidine rings is 1. The van der Waals surface area contributed by atoms with E-state index >= 15 is 0 Å². The molecule has 1 heterocycles. The Bertz CT molecular complexity index is 370. The Labute approximate surface area is 109 Å². The van der Waals surface area contributed by atoms with E-state index in [0.29, 0.717) is 19.6 Å². The van der Waals surface area contributed by atoms with Gasteiger partial charge >= 0.3 is 6.03 Å². The molecular formula is C11H23N3O3S. The van der Waals surface area contributed by atoms with E-state index in [0.717, 1.165) is 31.9 Å². The van der Waals surface area contributed by atoms with Crippen LogP contribution in [0.1, 0.15) is 32.6 Å². The fourth-order valence-electron chi connectivity index (χ4n) is 2.06. The number of nitrogens with one attached hydrogen (secondary N) is 2. The summed E-state index contributed by atoms with van der Waals surface area (Å²) in [7, 11) is -3.20. The maximum atomic E-state index is 11.9. The minimum absolute atomic E-state index is 0.0367. The van der Waals surface area contributed by atoms with Crippen molar-refractivity contribution >= 4 is 16.1 Å². The van der Waals surface area contributed by atoms with Crippen LogP contribution in [0.5, 0.6) is 0 Å². The lowest BCUT2D eigenvalue weighted by Gasteiger charge is -2.35. The van der Waals surface area contributed by atoms with Crippen molar-refractivity contribution in [3.05, 3.63) is 0 Å². The first-order valence-corrected chi connectivity index (χ1v) is 8.32. The molecule has 7 heteroatoms. The first-order chi connectivity index (χ1) is 8.44. The normalized spacial score (nSPS) is 20.8. The van der Waals surface area contributed by atoms with Crippen LogP contribution in [-0.2, 0) is 10.0 Å². The monoisotopic (exact) mass is 277 g/mol. The molecule has 1 aliphatic rings. The highest BCUT2D eigenvalue weighted by Crippen LogP contribution is 2.16. The summed E-state index contributed by atoms with van der Waals surface area (Å²) in [6.07, 6.45) is 4.90. The van der Waals surface area contributed by atoms with Gasteiger partial charge in [-0.3, -0.25) is 0 Å². The second-order valence-corrected chi connectivity index (χ2v) is 6.53. The zero-order chi connectivity index (χ0) is 13.6. The van der Waals surface area contributed by atoms with Crippen molar-refractivity contribution in [2.45, 2.75) is 38.6 Å². The van der Waals surface area contributed by atoms with Crippen molar-refractivity contribution in [1.29, 1.82) is 0 Å². The van der Waals surface area contributed by atoms with E-state index in [9.17, 15) is 13.2 Å². The quantitative estimate of drug-likeness (QED) is 0.768. The van der Waals surface area contributed by atoms with Gasteiger partial charge in [-0.05, 0) is 25.7 Å². The van der Waals surface area contributed by atoms with E-state index in [2.05, 4.69) is 10.0 Å². The fourth-order valence-corrected chi connectivity index (χ4v) is 2.56. The highest BCUT2D eigenvalue weighted by molar-refractivity contribution is 7.88. The largest absolute Gasteiger partial charge is 0.338 e. The highest BCUT2D eigenvalue weighted by atomic mass is 32.2. The van der Waals surface area contributed by atoms with Crippen LogP contribution in [0.25, 0.3) is 0 Å². The van der Waals surface area contributed by atoms with Gasteiger partial charge in [-0.25, -0.2) is 17.9 Å². The number of hydrogen-bond acceptors (Lipinski definition) is 3. The van der Waals surface area contributed by atoms with Gasteiger partial charge in [0.2, 0.25) is 10.0 Å². The lowest BCUT2D eigenvalue weighted by atomic mass is 10.0. The van der Waals surface area contributed by atoms with Gasteiger partial charge in [-0.1, -0.05) is 6.92 Å². The third-order valence-corrected chi connectivity index (χ3v) is 3.69. The molecule has 0 saturated carbocycles. The van der Waals surface area contributed by atoms with Crippen LogP contribution in [0.3, 0.4) is 0 Å². The van der Waals surface area contributed by atoms with E-state index in [1.165, 1.54) is 0 Å². The molecule has 0 bridgehead atoms. The molecule has 18 heavy (non-hydrogen) atoms. The van der Waals surface area contributed by atoms with Crippen LogP contribution < -0.4 is 10.0 Å². The van der Waals surface area contributed by atoms with E-state index in [-0.39, 0.29) is 12.1 Å². The number of nitrogens with zero attached hydrogens (tertiary/aromatic N) is 1. The first-order valence-electron chi connectivity index (χ1n) is 6.43. The number of hydrogen-bond donors (Lipinski definition) is 2. The third kappa shape index (κ3) is 5.22. The first kappa shape index (κ1) is 15.2. The SMILES string of the molecule is CCCNC(=O)N1CCCC[C@@H]1CNS(C)(=O)=O. The van der Waals surface area contributed by atoms with E-state index in [1.807, 2.05) is 6.92 Å². The highest BCUT2D eigenvalue weighted by Gasteiger charge is 2.26. The number of likely N-dealkylation sites (tertiary alicyclic amines) is 1. The van der Waals surface area contributed by atoms with Crippen LogP contribution in [0.4, 0.5) is 4.79 Å². The van der Waals surface area contributed by atoms with E-state index in [4.69, 9.17) is 0 Å². The van der Waals surface area contributed by atoms with Crippen molar-refractivity contribution in [2.75, 3.05) is 25.9 Å². The van der Waals surface area contributed by atoms with Crippen molar-refractivity contribution in [3.8, 4) is 0 Å². The van der Waals surface area contributed by atoms with E-state index < -0.39 is 10.0 Å². The molecule has 2 N–H and O–H groups in total. The Balaban J connectivity index is 2.53. The molecule has 1 aliphatic heterocycles. The number of sulfonamides is 1. The molecule has 6 nitrogen and oxygen atoms in total. The molecule has 0 aliphatic carbocycles. The maximum absolute atomic E-state index is 11.9. The standard InChI is InChI=1S/C11H23N3O3S/c1-3-7-12-11(15)14-8-5-4-6-10(14)9-13-18(2,16)17/h10,13H,3-9H2,1-2H3,(H,12,15)/t10-/m1/s1. The summed E-state index contributed by atoms with van der Waals surface area (Å²) >= 11 is 0. The number of carbonyl (C=O) groups is 1. The van der Waals surface area contributed by atoms with Gasteiger partial charge in [0.25, 0.3) is 0 Å². The van der Waals surface area contributed by atoms with Crippen molar-refractivity contribution in [3.63, 3.8) is 0 Å². The zero-order valence-electron chi connectivity index (χ0n) is 11.1. The molecule has 1 atom stereocenters. The number of carbonyl (C=O) groups excluding carboxylic acids is 1. The number of amides is 2. The Morgan fingerprint density at radius 1 is 1.39 bits per heavy atom. The molecule has 106 valence electrons. The Morgan fingerprint density at radius 2 is 2.11 bits per heavy atom. The molecule has 1 rings (SSSR count). The number of urea groups is 1. The second kappa shape index (κ2) is 6.94. The smallest absolute Gasteiger partial charge is 0.317 e. The Hall–Kier alpha value is -0.820. The van der Waals surface area contributed by atoms with Gasteiger partial charge in [0.1, 0.15) is 0 Å². The van der Waals surface area contributed by atoms with Gasteiger partial charge in [-0.2, -0.15) is 0 Å². The van der Waals surface area contributed by atoms with Crippen LogP contribution in [0.2, 0.25) is 0 Å². The molecule has 0 radical (unpaired) electrons. The lowest BCUT2D eigenvalue weighted by molar-refractivity contribution is 0.152. The Morgan fingerprint density at radius 3 is 2.72 bits per heavy atom. The van der Waals surface area contributed by atoms with Crippen LogP contribution >= 0.6 is 0 Å². The molecule has 2 amide bonds. The minimum Gasteiger partial charge on any atom is -0.338 e. The zero-order valence-corrected chi connectivity index (χ0v) is 11.9. The lowest BCUT2D eigenvalue weighted by Crippen LogP contribution is -2.52. The second-order valence-electron chi connectivity index (χ2n) is 4.70. The molecule has 0 aromatic carbocycles. The van der Waals surface area contributed by atoms with Crippen molar-refractivity contribution in [2.24, 2.45) is 0 Å². The molecule has 0 spiro atoms. The summed E-state index contributed by atoms with van der Waals surface area (Å²) in [6, 6.07) is -0.123. The average molecular weight is 277 g/mol. The summed E-state index contributed by atoms with van der Waals surface area (Å²) in [6.45, 7) is 3.66.